The Kier molecular flexibility index (Phi) is 5.88. The lowest BCUT2D eigenvalue weighted by atomic mass is 10.1. The van der Waals surface area contributed by atoms with Crippen LogP contribution in [0.4, 0.5) is 5.82 Å². The molecule has 0 spiro atoms. The summed E-state index contributed by atoms with van der Waals surface area (Å²) in [5.41, 5.74) is 15.6. The van der Waals surface area contributed by atoms with Gasteiger partial charge in [-0.15, -0.1) is 0 Å². The number of aliphatic imine (C=N–C) groups is 1. The molecular weight excluding hydrogens is 394 g/mol. The predicted molar refractivity (Wildman–Crippen MR) is 119 cm³/mol. The van der Waals surface area contributed by atoms with Gasteiger partial charge in [0.15, 0.2) is 0 Å². The van der Waals surface area contributed by atoms with Gasteiger partial charge in [0.2, 0.25) is 5.96 Å². The topological polar surface area (TPSA) is 160 Å². The van der Waals surface area contributed by atoms with Crippen LogP contribution in [0.3, 0.4) is 0 Å². The van der Waals surface area contributed by atoms with Crippen molar-refractivity contribution in [2.24, 2.45) is 10.7 Å². The van der Waals surface area contributed by atoms with Gasteiger partial charge < -0.3 is 16.4 Å². The number of hydrogen-bond donors (Lipinski definition) is 3. The molecular formula is C21H21N9O. The smallest absolute Gasteiger partial charge is 0.281 e. The zero-order valence-electron chi connectivity index (χ0n) is 17.6. The number of nitrogens with zero attached hydrogens (tertiary/aromatic N) is 6. The van der Waals surface area contributed by atoms with Gasteiger partial charge in [0.25, 0.3) is 5.91 Å². The van der Waals surface area contributed by atoms with E-state index in [9.17, 15) is 4.79 Å². The van der Waals surface area contributed by atoms with E-state index in [4.69, 9.17) is 16.9 Å². The highest BCUT2D eigenvalue weighted by atomic mass is 16.1. The highest BCUT2D eigenvalue weighted by molar-refractivity contribution is 6.06. The Morgan fingerprint density at radius 3 is 2.58 bits per heavy atom. The SMILES string of the molecule is CC(=N)N(C)C(N)=NC(=O)c1cncc(C#Cc2c(N)ncc3nc(C)c(C)nc23)c1. The van der Waals surface area contributed by atoms with Crippen LogP contribution < -0.4 is 11.5 Å². The van der Waals surface area contributed by atoms with E-state index >= 15 is 0 Å². The summed E-state index contributed by atoms with van der Waals surface area (Å²) in [6.07, 6.45) is 4.44. The van der Waals surface area contributed by atoms with Crippen LogP contribution in [-0.4, -0.2) is 49.6 Å². The van der Waals surface area contributed by atoms with Crippen LogP contribution in [0.15, 0.2) is 29.6 Å². The lowest BCUT2D eigenvalue weighted by molar-refractivity contribution is 0.100. The number of aromatic nitrogens is 4. The summed E-state index contributed by atoms with van der Waals surface area (Å²) >= 11 is 0. The molecule has 3 aromatic heterocycles. The quantitative estimate of drug-likeness (QED) is 0.305. The number of hydrogen-bond acceptors (Lipinski definition) is 7. The van der Waals surface area contributed by atoms with E-state index in [-0.39, 0.29) is 23.2 Å². The van der Waals surface area contributed by atoms with Gasteiger partial charge in [-0.05, 0) is 26.8 Å². The molecule has 156 valence electrons. The van der Waals surface area contributed by atoms with Crippen molar-refractivity contribution in [1.82, 2.24) is 24.8 Å². The van der Waals surface area contributed by atoms with Gasteiger partial charge in [-0.25, -0.2) is 15.0 Å². The summed E-state index contributed by atoms with van der Waals surface area (Å²) in [4.78, 5) is 34.7. The molecule has 0 aliphatic carbocycles. The Labute approximate surface area is 179 Å². The molecule has 0 unspecified atom stereocenters. The first-order chi connectivity index (χ1) is 14.7. The highest BCUT2D eigenvalue weighted by Gasteiger charge is 2.11. The number of carbonyl (C=O) groups is 1. The molecule has 0 aromatic carbocycles. The standard InChI is InChI=1S/C21H21N9O/c1-11-12(2)28-18-16(19(23)26-10-17(18)27-11)6-5-14-7-15(9-25-8-14)20(31)29-21(24)30(4)13(3)22/h7-10,22H,1-4H3,(H2,23,26)(H2,24,29,31). The Morgan fingerprint density at radius 1 is 1.16 bits per heavy atom. The second-order valence-electron chi connectivity index (χ2n) is 6.78. The molecule has 3 aromatic rings. The number of fused-ring (bicyclic) bond motifs is 1. The van der Waals surface area contributed by atoms with Gasteiger partial charge in [-0.2, -0.15) is 4.99 Å². The van der Waals surface area contributed by atoms with Crippen LogP contribution in [0, 0.1) is 31.1 Å². The molecule has 31 heavy (non-hydrogen) atoms. The van der Waals surface area contributed by atoms with Crippen LogP contribution in [-0.2, 0) is 0 Å². The summed E-state index contributed by atoms with van der Waals surface area (Å²) in [6, 6.07) is 1.55. The van der Waals surface area contributed by atoms with E-state index in [1.807, 2.05) is 13.8 Å². The van der Waals surface area contributed by atoms with E-state index in [0.717, 1.165) is 11.4 Å². The number of guanidine groups is 1. The largest absolute Gasteiger partial charge is 0.383 e. The number of carbonyl (C=O) groups excluding carboxylic acids is 1. The normalized spacial score (nSPS) is 11.0. The van der Waals surface area contributed by atoms with Gasteiger partial charge in [0.1, 0.15) is 16.9 Å². The summed E-state index contributed by atoms with van der Waals surface area (Å²) in [6.45, 7) is 5.26. The van der Waals surface area contributed by atoms with Crippen molar-refractivity contribution in [3.05, 3.63) is 52.7 Å². The van der Waals surface area contributed by atoms with Gasteiger partial charge in [0.05, 0.1) is 34.5 Å². The molecule has 3 rings (SSSR count). The number of aryl methyl sites for hydroxylation is 2. The van der Waals surface area contributed by atoms with Gasteiger partial charge in [-0.1, -0.05) is 11.8 Å². The van der Waals surface area contributed by atoms with Gasteiger partial charge in [0, 0.05) is 25.0 Å². The van der Waals surface area contributed by atoms with Gasteiger partial charge in [-0.3, -0.25) is 15.2 Å². The Hall–Kier alpha value is -4.39. The van der Waals surface area contributed by atoms with E-state index in [2.05, 4.69) is 36.8 Å². The second-order valence-corrected chi connectivity index (χ2v) is 6.78. The zero-order valence-corrected chi connectivity index (χ0v) is 17.6. The van der Waals surface area contributed by atoms with Crippen molar-refractivity contribution in [1.29, 1.82) is 5.41 Å². The van der Waals surface area contributed by atoms with E-state index in [0.29, 0.717) is 22.2 Å². The summed E-state index contributed by atoms with van der Waals surface area (Å²) in [5, 5.41) is 7.55. The average molecular weight is 415 g/mol. The maximum absolute atomic E-state index is 12.4. The highest BCUT2D eigenvalue weighted by Crippen LogP contribution is 2.19. The van der Waals surface area contributed by atoms with Crippen molar-refractivity contribution in [2.75, 3.05) is 12.8 Å². The van der Waals surface area contributed by atoms with Crippen LogP contribution in [0.1, 0.15) is 39.8 Å². The number of rotatable bonds is 1. The van der Waals surface area contributed by atoms with Crippen molar-refractivity contribution in [2.45, 2.75) is 20.8 Å². The fourth-order valence-corrected chi connectivity index (χ4v) is 2.51. The molecule has 0 atom stereocenters. The molecule has 0 aliphatic heterocycles. The Bertz CT molecular complexity index is 1300. The van der Waals surface area contributed by atoms with Gasteiger partial charge >= 0.3 is 0 Å². The third kappa shape index (κ3) is 4.62. The van der Waals surface area contributed by atoms with Crippen molar-refractivity contribution in [3.63, 3.8) is 0 Å². The number of pyridine rings is 2. The first kappa shape index (κ1) is 21.3. The molecule has 5 N–H and O–H groups in total. The van der Waals surface area contributed by atoms with E-state index in [1.54, 1.807) is 19.3 Å². The van der Waals surface area contributed by atoms with Crippen molar-refractivity contribution >= 4 is 34.6 Å². The number of nitrogen functional groups attached to an aromatic ring is 1. The Morgan fingerprint density at radius 2 is 1.87 bits per heavy atom. The maximum Gasteiger partial charge on any atom is 0.281 e. The predicted octanol–water partition coefficient (Wildman–Crippen LogP) is 1.40. The summed E-state index contributed by atoms with van der Waals surface area (Å²) < 4.78 is 0. The Balaban J connectivity index is 1.98. The number of amidine groups is 1. The molecule has 0 fully saturated rings. The average Bonchev–Trinajstić information content (AvgIpc) is 2.73. The van der Waals surface area contributed by atoms with Crippen LogP contribution in [0.2, 0.25) is 0 Å². The monoisotopic (exact) mass is 415 g/mol. The van der Waals surface area contributed by atoms with E-state index < -0.39 is 5.91 Å². The fraction of sp³-hybridized carbons (Fsp3) is 0.190. The molecule has 0 radical (unpaired) electrons. The third-order valence-electron chi connectivity index (χ3n) is 4.53. The molecule has 0 bridgehead atoms. The van der Waals surface area contributed by atoms with E-state index in [1.165, 1.54) is 24.2 Å². The number of amides is 1. The molecule has 0 saturated heterocycles. The minimum atomic E-state index is -0.593. The first-order valence-electron chi connectivity index (χ1n) is 9.21. The zero-order chi connectivity index (χ0) is 22.7. The van der Waals surface area contributed by atoms with Crippen LogP contribution in [0.25, 0.3) is 11.0 Å². The second kappa shape index (κ2) is 8.54. The number of nitrogens with two attached hydrogens (primary N) is 2. The molecule has 0 saturated carbocycles. The summed E-state index contributed by atoms with van der Waals surface area (Å²) in [7, 11) is 1.54. The molecule has 1 amide bonds. The lowest BCUT2D eigenvalue weighted by Crippen LogP contribution is -2.37. The first-order valence-corrected chi connectivity index (χ1v) is 9.21. The molecule has 10 nitrogen and oxygen atoms in total. The number of nitrogens with one attached hydrogen (secondary N) is 1. The minimum absolute atomic E-state index is 0.0900. The van der Waals surface area contributed by atoms with Crippen molar-refractivity contribution in [3.8, 4) is 11.8 Å². The molecule has 10 heteroatoms. The maximum atomic E-state index is 12.4. The fourth-order valence-electron chi connectivity index (χ4n) is 2.51. The summed E-state index contributed by atoms with van der Waals surface area (Å²) in [5.74, 6) is 5.62. The van der Waals surface area contributed by atoms with Crippen LogP contribution >= 0.6 is 0 Å². The molecule has 0 aliphatic rings. The third-order valence-corrected chi connectivity index (χ3v) is 4.53. The van der Waals surface area contributed by atoms with Crippen molar-refractivity contribution < 1.29 is 4.79 Å². The lowest BCUT2D eigenvalue weighted by Gasteiger charge is -2.15. The molecule has 3 heterocycles. The van der Waals surface area contributed by atoms with Crippen LogP contribution in [0.5, 0.6) is 0 Å². The number of anilines is 1. The minimum Gasteiger partial charge on any atom is -0.383 e.